The molecule has 336 valence electrons. The normalized spacial score (nSPS) is 10.1. The van der Waals surface area contributed by atoms with Crippen molar-refractivity contribution in [3.63, 3.8) is 0 Å². The van der Waals surface area contributed by atoms with Crippen LogP contribution in [0.15, 0.2) is 171 Å². The van der Waals surface area contributed by atoms with Crippen LogP contribution in [0, 0.1) is 0 Å². The van der Waals surface area contributed by atoms with E-state index in [1.165, 1.54) is 16.7 Å². The summed E-state index contributed by atoms with van der Waals surface area (Å²) in [5.74, 6) is 3.98. The maximum absolute atomic E-state index is 4.18. The molecule has 0 aliphatic carbocycles. The Morgan fingerprint density at radius 2 is 0.571 bits per heavy atom. The lowest BCUT2D eigenvalue weighted by molar-refractivity contribution is 0.812. The first-order chi connectivity index (χ1) is 30.1. The van der Waals surface area contributed by atoms with Crippen LogP contribution in [0.3, 0.4) is 0 Å². The van der Waals surface area contributed by atoms with Crippen LogP contribution in [0.25, 0.3) is 0 Å². The van der Waals surface area contributed by atoms with Gasteiger partial charge in [0.15, 0.2) is 0 Å². The predicted molar refractivity (Wildman–Crippen MR) is 268 cm³/mol. The number of hydrogen-bond donors (Lipinski definition) is 0. The molecule has 0 atom stereocenters. The first kappa shape index (κ1) is 55.1. The van der Waals surface area contributed by atoms with Gasteiger partial charge in [-0.3, -0.25) is 24.9 Å². The van der Waals surface area contributed by atoms with Gasteiger partial charge in [-0.05, 0) is 94.5 Å². The molecule has 0 spiro atoms. The van der Waals surface area contributed by atoms with Crippen molar-refractivity contribution in [3.05, 3.63) is 211 Å². The summed E-state index contributed by atoms with van der Waals surface area (Å²) in [4.78, 5) is 28.4. The van der Waals surface area contributed by atoms with Gasteiger partial charge in [-0.2, -0.15) is 0 Å². The summed E-state index contributed by atoms with van der Waals surface area (Å²) in [5.41, 5.74) is 8.57. The highest BCUT2D eigenvalue weighted by atomic mass is 14.8. The predicted octanol–water partition coefficient (Wildman–Crippen LogP) is 15.4. The number of rotatable bonds is 7. The van der Waals surface area contributed by atoms with Crippen LogP contribution >= 0.6 is 0 Å². The molecule has 7 aromatic rings. The molecule has 7 heteroatoms. The second-order valence-corrected chi connectivity index (χ2v) is 17.0. The second kappa shape index (κ2) is 33.6. The molecule has 0 bridgehead atoms. The summed E-state index contributed by atoms with van der Waals surface area (Å²) in [6.45, 7) is 30.1. The van der Waals surface area contributed by atoms with Gasteiger partial charge in [0.1, 0.15) is 6.33 Å². The Morgan fingerprint density at radius 1 is 0.254 bits per heavy atom. The first-order valence-electron chi connectivity index (χ1n) is 22.5. The molecule has 0 unspecified atom stereocenters. The Morgan fingerprint density at radius 3 is 0.762 bits per heavy atom. The van der Waals surface area contributed by atoms with E-state index in [4.69, 9.17) is 0 Å². The summed E-state index contributed by atoms with van der Waals surface area (Å²) in [5, 5.41) is 0. The van der Waals surface area contributed by atoms with Crippen molar-refractivity contribution < 1.29 is 0 Å². The zero-order valence-electron chi connectivity index (χ0n) is 40.8. The van der Waals surface area contributed by atoms with E-state index < -0.39 is 0 Å². The molecule has 0 amide bonds. The zero-order valence-corrected chi connectivity index (χ0v) is 40.8. The van der Waals surface area contributed by atoms with Crippen molar-refractivity contribution in [2.24, 2.45) is 0 Å². The average Bonchev–Trinajstić information content (AvgIpc) is 3.32. The van der Waals surface area contributed by atoms with E-state index in [9.17, 15) is 0 Å². The number of nitrogens with zero attached hydrogens (tertiary/aromatic N) is 7. The van der Waals surface area contributed by atoms with Crippen LogP contribution in [0.5, 0.6) is 0 Å². The maximum atomic E-state index is 4.18. The van der Waals surface area contributed by atoms with Crippen LogP contribution in [0.4, 0.5) is 0 Å². The summed E-state index contributed by atoms with van der Waals surface area (Å²) in [6, 6.07) is 39.0. The van der Waals surface area contributed by atoms with Crippen LogP contribution in [-0.4, -0.2) is 34.9 Å². The molecule has 0 aliphatic rings. The van der Waals surface area contributed by atoms with E-state index in [0.717, 1.165) is 22.8 Å². The van der Waals surface area contributed by atoms with Gasteiger partial charge in [0, 0.05) is 66.7 Å². The van der Waals surface area contributed by atoms with Crippen LogP contribution in [-0.2, 0) is 0 Å². The van der Waals surface area contributed by atoms with Gasteiger partial charge in [0.05, 0.1) is 5.69 Å². The lowest BCUT2D eigenvalue weighted by Gasteiger charge is -2.01. The van der Waals surface area contributed by atoms with Gasteiger partial charge in [-0.25, -0.2) is 9.97 Å². The Bertz CT molecular complexity index is 1600. The molecule has 0 fully saturated rings. The van der Waals surface area contributed by atoms with Gasteiger partial charge in [-0.15, -0.1) is 0 Å². The Labute approximate surface area is 382 Å². The van der Waals surface area contributed by atoms with Crippen LogP contribution in [0.2, 0.25) is 0 Å². The quantitative estimate of drug-likeness (QED) is 0.158. The molecule has 0 N–H and O–H groups in total. The largest absolute Gasteiger partial charge is 0.261 e. The number of hydrogen-bond acceptors (Lipinski definition) is 7. The van der Waals surface area contributed by atoms with Crippen molar-refractivity contribution in [1.82, 2.24) is 34.9 Å². The van der Waals surface area contributed by atoms with Gasteiger partial charge in [0.25, 0.3) is 0 Å². The number of benzene rings is 2. The Hall–Kier alpha value is -5.95. The monoisotopic (exact) mass is 848 g/mol. The van der Waals surface area contributed by atoms with E-state index in [0.29, 0.717) is 41.4 Å². The molecule has 63 heavy (non-hydrogen) atoms. The van der Waals surface area contributed by atoms with Crippen molar-refractivity contribution >= 4 is 0 Å². The minimum atomic E-state index is 0.485. The summed E-state index contributed by atoms with van der Waals surface area (Å²) < 4.78 is 0. The number of aromatic nitrogens is 7. The minimum Gasteiger partial charge on any atom is -0.261 e. The van der Waals surface area contributed by atoms with Gasteiger partial charge < -0.3 is 0 Å². The van der Waals surface area contributed by atoms with E-state index >= 15 is 0 Å². The fraction of sp³-hybridized carbons (Fsp3) is 0.375. The SMILES string of the molecule is CC(C)c1ccccc1.CC(C)c1ccccc1.CC(C)c1ccccn1.CC(C)c1ccccn1.CC(C)c1ccccn1.CC(C)c1cnccn1.CC(C)c1cncnc1. The van der Waals surface area contributed by atoms with Crippen LogP contribution < -0.4 is 0 Å². The molecular formula is C56H77N7. The van der Waals surface area contributed by atoms with Crippen molar-refractivity contribution in [2.45, 2.75) is 138 Å². The summed E-state index contributed by atoms with van der Waals surface area (Å²) >= 11 is 0. The molecule has 0 radical (unpaired) electrons. The molecular weight excluding hydrogens is 771 g/mol. The number of pyridine rings is 3. The molecule has 0 saturated heterocycles. The van der Waals surface area contributed by atoms with Gasteiger partial charge in [0.2, 0.25) is 0 Å². The Kier molecular flexibility index (Phi) is 29.4. The molecule has 5 aromatic heterocycles. The van der Waals surface area contributed by atoms with Crippen molar-refractivity contribution in [1.29, 1.82) is 0 Å². The smallest absolute Gasteiger partial charge is 0.115 e. The standard InChI is InChI=1S/2C9H12.3C8H11N.2C7H10N2/c2*1-8(2)9-6-4-3-5-7-9;3*1-7(2)8-5-3-4-6-9-8;1-6(2)7-3-8-5-9-4-7;1-6(2)7-5-8-3-4-9-7/h2*3-8H,1-2H3;3*3-7H,1-2H3;2*3-6H,1-2H3. The average molecular weight is 848 g/mol. The zero-order chi connectivity index (χ0) is 46.8. The first-order valence-corrected chi connectivity index (χ1v) is 22.5. The van der Waals surface area contributed by atoms with E-state index in [1.807, 2.05) is 97.7 Å². The third-order valence-electron chi connectivity index (χ3n) is 9.19. The second-order valence-electron chi connectivity index (χ2n) is 17.0. The lowest BCUT2D eigenvalue weighted by atomic mass is 10.0. The lowest BCUT2D eigenvalue weighted by Crippen LogP contribution is -1.91. The highest BCUT2D eigenvalue weighted by Gasteiger charge is 1.99. The van der Waals surface area contributed by atoms with Gasteiger partial charge >= 0.3 is 0 Å². The third-order valence-corrected chi connectivity index (χ3v) is 9.19. The Balaban J connectivity index is 0.000000367. The fourth-order valence-electron chi connectivity index (χ4n) is 5.05. The summed E-state index contributed by atoms with van der Waals surface area (Å²) in [6.07, 6.45) is 15.9. The topological polar surface area (TPSA) is 90.2 Å². The van der Waals surface area contributed by atoms with E-state index in [2.05, 4.69) is 180 Å². The van der Waals surface area contributed by atoms with E-state index in [1.54, 1.807) is 24.9 Å². The highest BCUT2D eigenvalue weighted by Crippen LogP contribution is 2.14. The molecule has 7 rings (SSSR count). The highest BCUT2D eigenvalue weighted by molar-refractivity contribution is 5.18. The molecule has 0 aliphatic heterocycles. The molecule has 5 heterocycles. The van der Waals surface area contributed by atoms with Crippen molar-refractivity contribution in [2.75, 3.05) is 0 Å². The van der Waals surface area contributed by atoms with E-state index in [-0.39, 0.29) is 0 Å². The molecule has 7 nitrogen and oxygen atoms in total. The van der Waals surface area contributed by atoms with Gasteiger partial charge in [-0.1, -0.05) is 176 Å². The van der Waals surface area contributed by atoms with Crippen molar-refractivity contribution in [3.8, 4) is 0 Å². The third kappa shape index (κ3) is 26.9. The van der Waals surface area contributed by atoms with Crippen LogP contribution in [0.1, 0.15) is 178 Å². The molecule has 2 aromatic carbocycles. The minimum absolute atomic E-state index is 0.485. The maximum Gasteiger partial charge on any atom is 0.115 e. The molecule has 0 saturated carbocycles. The fourth-order valence-corrected chi connectivity index (χ4v) is 5.05. The summed E-state index contributed by atoms with van der Waals surface area (Å²) in [7, 11) is 0.